The number of anilines is 5. The fourth-order valence-electron chi connectivity index (χ4n) is 11.3. The van der Waals surface area contributed by atoms with Gasteiger partial charge in [-0.3, -0.25) is 48.9 Å². The number of nitrogens with zero attached hydrogens (tertiary/aromatic N) is 6. The number of carbonyl (C=O) groups is 5. The van der Waals surface area contributed by atoms with Gasteiger partial charge in [-0.15, -0.1) is 12.8 Å². The number of hydrogen-bond donors (Lipinski definition) is 5. The summed E-state index contributed by atoms with van der Waals surface area (Å²) in [6.07, 6.45) is 18.5. The van der Waals surface area contributed by atoms with E-state index < -0.39 is 29.3 Å². The van der Waals surface area contributed by atoms with Crippen LogP contribution in [0.4, 0.5) is 50.4 Å². The van der Waals surface area contributed by atoms with E-state index in [0.717, 1.165) is 34.8 Å². The Morgan fingerprint density at radius 3 is 1.17 bits per heavy atom. The van der Waals surface area contributed by atoms with Gasteiger partial charge in [-0.1, -0.05) is 121 Å². The lowest BCUT2D eigenvalue weighted by atomic mass is 10.1. The van der Waals surface area contributed by atoms with Crippen LogP contribution in [0.1, 0.15) is 106 Å². The van der Waals surface area contributed by atoms with Crippen LogP contribution >= 0.6 is 34.8 Å². The second-order valence-electron chi connectivity index (χ2n) is 27.1. The van der Waals surface area contributed by atoms with Gasteiger partial charge in [0.15, 0.2) is 0 Å². The first kappa shape index (κ1) is 96.7. The second kappa shape index (κ2) is 47.1. The molecule has 5 N–H and O–H groups in total. The zero-order chi connectivity index (χ0) is 90.4. The first-order chi connectivity index (χ1) is 61.1. The van der Waals surface area contributed by atoms with Crippen LogP contribution in [0.25, 0.3) is 0 Å². The molecule has 0 fully saturated rings. The van der Waals surface area contributed by atoms with Gasteiger partial charge in [0, 0.05) is 149 Å². The highest BCUT2D eigenvalue weighted by Crippen LogP contribution is 2.36. The Balaban J connectivity index is 0.000000181. The number of aryl methyl sites for hydroxylation is 4. The summed E-state index contributed by atoms with van der Waals surface area (Å²) in [6.45, 7) is 7.58. The minimum absolute atomic E-state index is 0. The Hall–Kier alpha value is -16.1. The summed E-state index contributed by atoms with van der Waals surface area (Å²) in [6, 6.07) is 70.8. The molecule has 0 aliphatic rings. The van der Waals surface area contributed by atoms with E-state index >= 15 is 0 Å². The monoisotopic (exact) mass is 1790 g/mol. The highest BCUT2D eigenvalue weighted by molar-refractivity contribution is 6.32. The molecule has 15 aromatic rings. The van der Waals surface area contributed by atoms with E-state index in [9.17, 15) is 45.9 Å². The van der Waals surface area contributed by atoms with E-state index in [1.54, 1.807) is 201 Å². The zero-order valence-corrected chi connectivity index (χ0v) is 69.7. The lowest BCUT2D eigenvalue weighted by Crippen LogP contribution is -2.14. The van der Waals surface area contributed by atoms with Crippen molar-refractivity contribution in [3.8, 4) is 82.2 Å². The van der Waals surface area contributed by atoms with Crippen molar-refractivity contribution in [3.05, 3.63) is 410 Å². The van der Waals surface area contributed by atoms with Gasteiger partial charge in [0.05, 0.1) is 42.7 Å². The van der Waals surface area contributed by atoms with E-state index in [-0.39, 0.29) is 67.2 Å². The molecule has 129 heavy (non-hydrogen) atoms. The minimum atomic E-state index is -4.52. The maximum atomic E-state index is 13.8. The van der Waals surface area contributed by atoms with E-state index in [4.69, 9.17) is 71.3 Å². The maximum Gasteiger partial charge on any atom is 0.418 e. The molecule has 0 spiro atoms. The van der Waals surface area contributed by atoms with Crippen LogP contribution < -0.4 is 50.3 Å². The van der Waals surface area contributed by atoms with E-state index in [1.807, 2.05) is 76.2 Å². The molecule has 0 atom stereocenters. The van der Waals surface area contributed by atoms with Gasteiger partial charge in [-0.25, -0.2) is 13.8 Å². The molecule has 15 rings (SSSR count). The molecule has 29 heteroatoms. The largest absolute Gasteiger partial charge is 0.456 e. The number of benzene rings is 9. The number of carbonyl (C=O) groups excluding carboxylic acids is 5. The van der Waals surface area contributed by atoms with Gasteiger partial charge in [0.25, 0.3) is 29.5 Å². The van der Waals surface area contributed by atoms with Crippen LogP contribution in [0, 0.1) is 64.0 Å². The van der Waals surface area contributed by atoms with Crippen molar-refractivity contribution in [2.75, 3.05) is 26.6 Å². The molecule has 0 aliphatic heterocycles. The molecule has 0 bridgehead atoms. The van der Waals surface area contributed by atoms with Gasteiger partial charge >= 0.3 is 6.18 Å². The third-order valence-corrected chi connectivity index (χ3v) is 17.6. The number of nitrogens with one attached hydrogen (secondary N) is 5. The summed E-state index contributed by atoms with van der Waals surface area (Å²) in [5.41, 5.74) is 8.40. The van der Waals surface area contributed by atoms with Gasteiger partial charge in [-0.05, 0) is 198 Å². The van der Waals surface area contributed by atoms with E-state index in [0.29, 0.717) is 118 Å². The zero-order valence-electron chi connectivity index (χ0n) is 67.5. The van der Waals surface area contributed by atoms with Crippen LogP contribution in [0.3, 0.4) is 0 Å². The maximum absolute atomic E-state index is 13.8. The first-order valence-electron chi connectivity index (χ1n) is 37.9. The molecule has 650 valence electrons. The van der Waals surface area contributed by atoms with Crippen LogP contribution in [0.5, 0.6) is 57.5 Å². The minimum Gasteiger partial charge on any atom is -0.456 e. The molecule has 0 aliphatic carbocycles. The predicted octanol–water partition coefficient (Wildman–Crippen LogP) is 25.8. The van der Waals surface area contributed by atoms with Crippen LogP contribution in [0.15, 0.2) is 317 Å². The molecule has 9 aromatic carbocycles. The fourth-order valence-corrected chi connectivity index (χ4v) is 11.9. The molecule has 0 saturated heterocycles. The lowest BCUT2D eigenvalue weighted by Gasteiger charge is -2.11. The van der Waals surface area contributed by atoms with Crippen molar-refractivity contribution in [2.45, 2.75) is 48.7 Å². The third kappa shape index (κ3) is 31.3. The van der Waals surface area contributed by atoms with Crippen molar-refractivity contribution in [2.24, 2.45) is 0 Å². The Labute approximate surface area is 755 Å². The molecule has 0 unspecified atom stereocenters. The Morgan fingerprint density at radius 2 is 0.721 bits per heavy atom. The van der Waals surface area contributed by atoms with Crippen LogP contribution in [-0.2, 0) is 6.18 Å². The number of amides is 5. The Morgan fingerprint density at radius 1 is 0.333 bits per heavy atom. The Kier molecular flexibility index (Phi) is 35.3. The highest BCUT2D eigenvalue weighted by Gasteiger charge is 2.31. The SMILES string of the molecule is C.C.C#Cc1cccc(C(=O)Nc2cc(F)cc(Oc3cccnc3)c2)c1.C#Cc1cccc(C(=O)Nc2cccc(Oc3cncc(C(F)(F)F)c3)c2)c1.Cc1ccc(Oc2cc(Cl)cc(NC(=O)c3cccc(C)n3)c2)cn1.Cc1cccc(C(=O)Nc2cc(Cl)cc(Oc3cccnc3)c2)c1.Cc1cccc(C(=O)Nc2cc(Cl)cc(Oc3cncc(F)c3)c2)c1. The molecule has 21 nitrogen and oxygen atoms in total. The number of aromatic nitrogens is 6. The summed E-state index contributed by atoms with van der Waals surface area (Å²) in [5.74, 6) is 6.03. The number of alkyl halides is 3. The molecule has 0 saturated carbocycles. The number of ether oxygens (including phenoxy) is 5. The van der Waals surface area contributed by atoms with E-state index in [2.05, 4.69) is 68.3 Å². The highest BCUT2D eigenvalue weighted by atomic mass is 35.5. The van der Waals surface area contributed by atoms with Gasteiger partial charge < -0.3 is 50.3 Å². The van der Waals surface area contributed by atoms with E-state index in [1.165, 1.54) is 48.9 Å². The Bertz CT molecular complexity index is 6530. The van der Waals surface area contributed by atoms with Crippen molar-refractivity contribution in [3.63, 3.8) is 0 Å². The number of pyridine rings is 6. The topological polar surface area (TPSA) is 269 Å². The fraction of sp³-hybridized carbons (Fsp3) is 0.0700. The van der Waals surface area contributed by atoms with Crippen molar-refractivity contribution < 1.29 is 69.6 Å². The molecular formula is C100H79Cl3F5N11O10. The normalized spacial score (nSPS) is 10.2. The molecule has 6 heterocycles. The molecule has 6 aromatic heterocycles. The number of terminal acetylenes is 2. The van der Waals surface area contributed by atoms with Crippen LogP contribution in [0.2, 0.25) is 15.1 Å². The van der Waals surface area contributed by atoms with Crippen LogP contribution in [-0.4, -0.2) is 59.4 Å². The number of halogens is 8. The van der Waals surface area contributed by atoms with Gasteiger partial charge in [-0.2, -0.15) is 13.2 Å². The second-order valence-corrected chi connectivity index (χ2v) is 28.4. The quantitative estimate of drug-likeness (QED) is 0.0351. The lowest BCUT2D eigenvalue weighted by molar-refractivity contribution is -0.137. The van der Waals surface area contributed by atoms with Crippen molar-refractivity contribution >= 4 is 92.8 Å². The molecule has 0 radical (unpaired) electrons. The summed E-state index contributed by atoms with van der Waals surface area (Å²) in [4.78, 5) is 85.2. The molecular weight excluding hydrogens is 1720 g/mol. The first-order valence-corrected chi connectivity index (χ1v) is 39.1. The standard InChI is InChI=1S/C21H13F3N2O2.C20H13FN2O2.C19H14ClFN2O2.C19H16ClN3O2.C19H15ClN2O2.2CH4/c1-2-14-5-3-6-15(9-14)20(27)26-17-7-4-8-18(11-17)28-19-10-16(12-25-13-19)21(22,23)24;1-2-14-5-3-6-15(9-14)20(24)23-17-10-16(21)11-19(12-17)25-18-7-4-8-22-13-18;1-12-3-2-4-13(5-12)19(24)23-16-6-14(20)7-17(9-16)25-18-8-15(21)10-22-11-18;1-12-6-7-16(11-21-12)25-17-9-14(20)8-15(10-17)23-19(24)18-5-3-4-13(2)22-18;1-13-4-2-5-14(8-13)19(23)22-16-9-15(20)10-18(11-16)24-17-6-3-7-21-12-17;;/h1,3-13H,(H,26,27);1,3-13H,(H,23,24);2-11H,1H3,(H,23,24);3-11H,1-2H3,(H,23,24);2-12H,1H3,(H,22,23);2*1H4. The summed E-state index contributed by atoms with van der Waals surface area (Å²) in [5, 5.41) is 15.0. The average molecular weight is 1800 g/mol. The average Bonchev–Trinajstić information content (AvgIpc) is 0.853. The summed E-state index contributed by atoms with van der Waals surface area (Å²) in [7, 11) is 0. The molecule has 5 amide bonds. The van der Waals surface area contributed by atoms with Gasteiger partial charge in [0.2, 0.25) is 0 Å². The predicted molar refractivity (Wildman–Crippen MR) is 492 cm³/mol. The third-order valence-electron chi connectivity index (χ3n) is 16.9. The van der Waals surface area contributed by atoms with Crippen molar-refractivity contribution in [1.82, 2.24) is 29.9 Å². The number of hydrogen-bond acceptors (Lipinski definition) is 16. The summed E-state index contributed by atoms with van der Waals surface area (Å²) < 4.78 is 93.3. The smallest absolute Gasteiger partial charge is 0.418 e. The van der Waals surface area contributed by atoms with Gasteiger partial charge in [0.1, 0.15) is 74.8 Å². The summed E-state index contributed by atoms with van der Waals surface area (Å²) >= 11 is 18.3. The van der Waals surface area contributed by atoms with Crippen molar-refractivity contribution in [1.29, 1.82) is 0 Å². The number of rotatable bonds is 20.